The Kier molecular flexibility index (Phi) is 7.31. The summed E-state index contributed by atoms with van der Waals surface area (Å²) in [6.45, 7) is 0.716. The van der Waals surface area contributed by atoms with E-state index >= 15 is 0 Å². The lowest BCUT2D eigenvalue weighted by Gasteiger charge is -2.10. The Morgan fingerprint density at radius 2 is 1.89 bits per heavy atom. The average Bonchev–Trinajstić information content (AvgIpc) is 3.30. The fraction of sp³-hybridized carbons (Fsp3) is 0.160. The lowest BCUT2D eigenvalue weighted by Crippen LogP contribution is -2.14. The number of aryl methyl sites for hydroxylation is 1. The van der Waals surface area contributed by atoms with E-state index in [0.29, 0.717) is 35.6 Å². The molecule has 10 heteroatoms. The van der Waals surface area contributed by atoms with Gasteiger partial charge < -0.3 is 25.1 Å². The van der Waals surface area contributed by atoms with Crippen molar-refractivity contribution in [3.05, 3.63) is 78.4 Å². The van der Waals surface area contributed by atoms with Crippen molar-refractivity contribution in [1.82, 2.24) is 19.5 Å². The number of methoxy groups -OCH3 is 1. The highest BCUT2D eigenvalue weighted by Crippen LogP contribution is 2.18. The summed E-state index contributed by atoms with van der Waals surface area (Å²) >= 11 is 0. The maximum absolute atomic E-state index is 12.6. The van der Waals surface area contributed by atoms with E-state index in [0.717, 1.165) is 11.3 Å². The summed E-state index contributed by atoms with van der Waals surface area (Å²) in [5, 5.41) is 2.73. The van der Waals surface area contributed by atoms with Gasteiger partial charge in [0.15, 0.2) is 11.5 Å². The van der Waals surface area contributed by atoms with Gasteiger partial charge in [0.1, 0.15) is 17.6 Å². The van der Waals surface area contributed by atoms with Gasteiger partial charge >= 0.3 is 5.97 Å². The van der Waals surface area contributed by atoms with E-state index in [-0.39, 0.29) is 18.1 Å². The number of para-hydroxylation sites is 1. The number of nitrogens with zero attached hydrogens (tertiary/aromatic N) is 4. The standard InChI is InChI=1S/C25H24N6O4/c1-34-18-10-7-17(8-11-18)9-12-21(32)30-20-6-3-2-5-19(20)25(33)35-14-4-13-31-16-29-22-23(26)27-15-28-24(22)31/h2-3,5-12,15-16H,4,13-14H2,1H3,(H,30,32)(H2,26,27,28)/b12-9+. The first-order chi connectivity index (χ1) is 17.0. The number of carbonyl (C=O) groups is 2. The first-order valence-corrected chi connectivity index (χ1v) is 10.9. The van der Waals surface area contributed by atoms with Gasteiger partial charge in [0, 0.05) is 12.6 Å². The van der Waals surface area contributed by atoms with Crippen molar-refractivity contribution < 1.29 is 19.1 Å². The third-order valence-corrected chi connectivity index (χ3v) is 5.15. The van der Waals surface area contributed by atoms with Crippen LogP contribution in [0, 0.1) is 0 Å². The van der Waals surface area contributed by atoms with Crippen molar-refractivity contribution in [2.24, 2.45) is 0 Å². The van der Waals surface area contributed by atoms with E-state index in [4.69, 9.17) is 15.2 Å². The van der Waals surface area contributed by atoms with Gasteiger partial charge in [-0.1, -0.05) is 24.3 Å². The van der Waals surface area contributed by atoms with Gasteiger partial charge in [-0.05, 0) is 42.3 Å². The van der Waals surface area contributed by atoms with Gasteiger partial charge in [-0.3, -0.25) is 4.79 Å². The molecule has 0 atom stereocenters. The van der Waals surface area contributed by atoms with Crippen LogP contribution < -0.4 is 15.8 Å². The number of rotatable bonds is 9. The predicted molar refractivity (Wildman–Crippen MR) is 132 cm³/mol. The van der Waals surface area contributed by atoms with Gasteiger partial charge in [-0.2, -0.15) is 0 Å². The number of fused-ring (bicyclic) bond motifs is 1. The summed E-state index contributed by atoms with van der Waals surface area (Å²) in [5.41, 5.74) is 8.44. The Balaban J connectivity index is 1.31. The summed E-state index contributed by atoms with van der Waals surface area (Å²) in [6.07, 6.45) is 6.62. The van der Waals surface area contributed by atoms with Gasteiger partial charge in [0.25, 0.3) is 0 Å². The number of carbonyl (C=O) groups excluding carboxylic acids is 2. The minimum Gasteiger partial charge on any atom is -0.497 e. The van der Waals surface area contributed by atoms with Gasteiger partial charge in [-0.15, -0.1) is 0 Å². The first kappa shape index (κ1) is 23.4. The number of imidazole rings is 1. The van der Waals surface area contributed by atoms with Crippen LogP contribution >= 0.6 is 0 Å². The molecule has 0 unspecified atom stereocenters. The van der Waals surface area contributed by atoms with E-state index < -0.39 is 5.97 Å². The van der Waals surface area contributed by atoms with Crippen LogP contribution in [0.3, 0.4) is 0 Å². The van der Waals surface area contributed by atoms with Crippen molar-refractivity contribution in [2.45, 2.75) is 13.0 Å². The number of hydrogen-bond donors (Lipinski definition) is 2. The molecule has 4 aromatic rings. The molecule has 0 fully saturated rings. The minimum absolute atomic E-state index is 0.179. The fourth-order valence-electron chi connectivity index (χ4n) is 3.37. The van der Waals surface area contributed by atoms with Crippen LogP contribution in [0.4, 0.5) is 11.5 Å². The molecule has 4 rings (SSSR count). The Bertz CT molecular complexity index is 1360. The molecule has 3 N–H and O–H groups in total. The van der Waals surface area contributed by atoms with Crippen molar-refractivity contribution >= 4 is 40.6 Å². The number of nitrogens with two attached hydrogens (primary N) is 1. The van der Waals surface area contributed by atoms with E-state index in [1.54, 1.807) is 55.9 Å². The molecular formula is C25H24N6O4. The predicted octanol–water partition coefficient (Wildman–Crippen LogP) is 3.32. The number of benzene rings is 2. The monoisotopic (exact) mass is 472 g/mol. The molecule has 0 radical (unpaired) electrons. The van der Waals surface area contributed by atoms with Crippen LogP contribution in [0.2, 0.25) is 0 Å². The van der Waals surface area contributed by atoms with Crippen LogP contribution in [0.25, 0.3) is 17.2 Å². The zero-order chi connectivity index (χ0) is 24.6. The number of anilines is 2. The number of hydrogen-bond acceptors (Lipinski definition) is 8. The molecule has 35 heavy (non-hydrogen) atoms. The Labute approximate surface area is 201 Å². The molecule has 0 aliphatic heterocycles. The molecule has 0 spiro atoms. The summed E-state index contributed by atoms with van der Waals surface area (Å²) < 4.78 is 12.4. The number of esters is 1. The van der Waals surface area contributed by atoms with E-state index in [1.165, 1.54) is 12.4 Å². The summed E-state index contributed by atoms with van der Waals surface area (Å²) in [5.74, 6) is 0.158. The zero-order valence-corrected chi connectivity index (χ0v) is 19.0. The SMILES string of the molecule is COc1ccc(/C=C/C(=O)Nc2ccccc2C(=O)OCCCn2cnc3c(N)ncnc32)cc1. The van der Waals surface area contributed by atoms with Gasteiger partial charge in [0.05, 0.1) is 31.3 Å². The highest BCUT2D eigenvalue weighted by atomic mass is 16.5. The normalized spacial score (nSPS) is 11.0. The highest BCUT2D eigenvalue weighted by Gasteiger charge is 2.14. The van der Waals surface area contributed by atoms with E-state index in [2.05, 4.69) is 20.3 Å². The van der Waals surface area contributed by atoms with Crippen molar-refractivity contribution in [1.29, 1.82) is 0 Å². The Hall–Kier alpha value is -4.73. The summed E-state index contributed by atoms with van der Waals surface area (Å²) in [4.78, 5) is 37.4. The number of nitrogen functional groups attached to an aromatic ring is 1. The van der Waals surface area contributed by atoms with Gasteiger partial charge in [-0.25, -0.2) is 19.7 Å². The molecule has 0 saturated heterocycles. The number of aromatic nitrogens is 4. The highest BCUT2D eigenvalue weighted by molar-refractivity contribution is 6.06. The molecule has 0 bridgehead atoms. The van der Waals surface area contributed by atoms with E-state index in [9.17, 15) is 9.59 Å². The second-order valence-corrected chi connectivity index (χ2v) is 7.50. The molecule has 2 heterocycles. The second-order valence-electron chi connectivity index (χ2n) is 7.50. The lowest BCUT2D eigenvalue weighted by atomic mass is 10.1. The van der Waals surface area contributed by atoms with E-state index in [1.807, 2.05) is 16.7 Å². The first-order valence-electron chi connectivity index (χ1n) is 10.9. The summed E-state index contributed by atoms with van der Waals surface area (Å²) in [6, 6.07) is 14.0. The third-order valence-electron chi connectivity index (χ3n) is 5.15. The molecule has 178 valence electrons. The van der Waals surface area contributed by atoms with Crippen LogP contribution in [-0.4, -0.2) is 45.1 Å². The van der Waals surface area contributed by atoms with Crippen molar-refractivity contribution in [3.8, 4) is 5.75 Å². The Morgan fingerprint density at radius 1 is 1.09 bits per heavy atom. The van der Waals surface area contributed by atoms with Gasteiger partial charge in [0.2, 0.25) is 5.91 Å². The fourth-order valence-corrected chi connectivity index (χ4v) is 3.37. The number of nitrogens with one attached hydrogen (secondary N) is 1. The molecular weight excluding hydrogens is 448 g/mol. The second kappa shape index (κ2) is 10.9. The maximum Gasteiger partial charge on any atom is 0.340 e. The van der Waals surface area contributed by atoms with Crippen molar-refractivity contribution in [2.75, 3.05) is 24.8 Å². The topological polar surface area (TPSA) is 134 Å². The lowest BCUT2D eigenvalue weighted by molar-refractivity contribution is -0.111. The molecule has 2 aromatic heterocycles. The largest absolute Gasteiger partial charge is 0.497 e. The average molecular weight is 473 g/mol. The quantitative estimate of drug-likeness (QED) is 0.215. The molecule has 10 nitrogen and oxygen atoms in total. The van der Waals surface area contributed by atoms with Crippen LogP contribution in [0.1, 0.15) is 22.3 Å². The third kappa shape index (κ3) is 5.80. The Morgan fingerprint density at radius 3 is 2.69 bits per heavy atom. The van der Waals surface area contributed by atoms with Crippen molar-refractivity contribution in [3.63, 3.8) is 0 Å². The molecule has 0 saturated carbocycles. The molecule has 0 aliphatic carbocycles. The molecule has 1 amide bonds. The summed E-state index contributed by atoms with van der Waals surface area (Å²) in [7, 11) is 1.59. The number of ether oxygens (including phenoxy) is 2. The maximum atomic E-state index is 12.6. The van der Waals surface area contributed by atoms with Crippen LogP contribution in [0.5, 0.6) is 5.75 Å². The van der Waals surface area contributed by atoms with Crippen LogP contribution in [-0.2, 0) is 16.1 Å². The minimum atomic E-state index is -0.526. The molecule has 2 aromatic carbocycles. The number of amides is 1. The smallest absolute Gasteiger partial charge is 0.340 e. The zero-order valence-electron chi connectivity index (χ0n) is 19.0. The molecule has 0 aliphatic rings. The van der Waals surface area contributed by atoms with Crippen LogP contribution in [0.15, 0.2) is 67.3 Å².